The molecule has 0 radical (unpaired) electrons. The summed E-state index contributed by atoms with van der Waals surface area (Å²) >= 11 is 19.4. The molecule has 3 aromatic rings. The van der Waals surface area contributed by atoms with Crippen LogP contribution >= 0.6 is 46.6 Å². The average Bonchev–Trinajstić information content (AvgIpc) is 3.07. The molecule has 164 valence electrons. The van der Waals surface area contributed by atoms with E-state index in [0.717, 1.165) is 23.6 Å². The normalized spacial score (nSPS) is 10.9. The zero-order valence-electron chi connectivity index (χ0n) is 17.0. The summed E-state index contributed by atoms with van der Waals surface area (Å²) < 4.78 is 7.70. The summed E-state index contributed by atoms with van der Waals surface area (Å²) in [4.78, 5) is 12.3. The van der Waals surface area contributed by atoms with Crippen LogP contribution in [-0.4, -0.2) is 33.0 Å². The Kier molecular flexibility index (Phi) is 8.49. The van der Waals surface area contributed by atoms with E-state index in [4.69, 9.17) is 39.5 Å². The van der Waals surface area contributed by atoms with Gasteiger partial charge < -0.3 is 14.6 Å². The number of aromatic nitrogens is 3. The van der Waals surface area contributed by atoms with Gasteiger partial charge >= 0.3 is 0 Å². The van der Waals surface area contributed by atoms with Crippen molar-refractivity contribution in [1.82, 2.24) is 14.8 Å². The zero-order chi connectivity index (χ0) is 22.4. The van der Waals surface area contributed by atoms with Crippen molar-refractivity contribution < 1.29 is 9.53 Å². The van der Waals surface area contributed by atoms with Gasteiger partial charge in [0.1, 0.15) is 11.6 Å². The van der Waals surface area contributed by atoms with Crippen LogP contribution in [0.15, 0.2) is 41.6 Å². The fourth-order valence-corrected chi connectivity index (χ4v) is 4.25. The molecule has 0 fully saturated rings. The molecule has 0 aliphatic heterocycles. The molecule has 0 unspecified atom stereocenters. The van der Waals surface area contributed by atoms with Crippen LogP contribution in [0.25, 0.3) is 0 Å². The Bertz CT molecular complexity index is 1050. The summed E-state index contributed by atoms with van der Waals surface area (Å²) in [5.74, 6) is 1.58. The Morgan fingerprint density at radius 1 is 1.16 bits per heavy atom. The fraction of sp³-hybridized carbons (Fsp3) is 0.286. The highest BCUT2D eigenvalue weighted by Crippen LogP contribution is 2.30. The number of nitrogens with one attached hydrogen (secondary N) is 1. The van der Waals surface area contributed by atoms with Crippen LogP contribution in [-0.2, 0) is 18.3 Å². The summed E-state index contributed by atoms with van der Waals surface area (Å²) in [6, 6.07) is 10.6. The predicted octanol–water partition coefficient (Wildman–Crippen LogP) is 5.83. The number of para-hydroxylation sites is 1. The van der Waals surface area contributed by atoms with Crippen LogP contribution in [0.1, 0.15) is 17.8 Å². The van der Waals surface area contributed by atoms with Crippen molar-refractivity contribution in [3.05, 3.63) is 62.9 Å². The molecule has 0 saturated carbocycles. The molecule has 2 aromatic carbocycles. The summed E-state index contributed by atoms with van der Waals surface area (Å²) in [6.45, 7) is 2.52. The van der Waals surface area contributed by atoms with Gasteiger partial charge in [-0.3, -0.25) is 4.79 Å². The lowest BCUT2D eigenvalue weighted by Gasteiger charge is -2.09. The molecule has 0 bridgehead atoms. The molecule has 0 saturated heterocycles. The highest BCUT2D eigenvalue weighted by Gasteiger charge is 2.14. The Balaban J connectivity index is 1.47. The van der Waals surface area contributed by atoms with E-state index in [0.29, 0.717) is 38.9 Å². The molecule has 1 aromatic heterocycles. The lowest BCUT2D eigenvalue weighted by Crippen LogP contribution is -2.15. The number of halogens is 3. The smallest absolute Gasteiger partial charge is 0.234 e. The van der Waals surface area contributed by atoms with Gasteiger partial charge in [-0.15, -0.1) is 10.2 Å². The highest BCUT2D eigenvalue weighted by molar-refractivity contribution is 7.99. The minimum absolute atomic E-state index is 0.159. The van der Waals surface area contributed by atoms with Gasteiger partial charge in [0.2, 0.25) is 5.91 Å². The Labute approximate surface area is 200 Å². The summed E-state index contributed by atoms with van der Waals surface area (Å²) in [7, 11) is 1.88. The number of ether oxygens (including phenoxy) is 1. The first kappa shape index (κ1) is 23.7. The SMILES string of the molecule is Cc1cc(Cl)ccc1OCCCc1nnc(SCC(=O)Nc2c(Cl)cccc2Cl)n1C. The van der Waals surface area contributed by atoms with Gasteiger partial charge in [0, 0.05) is 18.5 Å². The first-order valence-electron chi connectivity index (χ1n) is 9.49. The third-order valence-electron chi connectivity index (χ3n) is 4.42. The number of benzene rings is 2. The molecule has 1 amide bonds. The van der Waals surface area contributed by atoms with E-state index in [1.807, 2.05) is 36.7 Å². The third-order valence-corrected chi connectivity index (χ3v) is 6.31. The first-order chi connectivity index (χ1) is 14.8. The van der Waals surface area contributed by atoms with Gasteiger partial charge in [0.05, 0.1) is 28.1 Å². The molecule has 6 nitrogen and oxygen atoms in total. The minimum Gasteiger partial charge on any atom is -0.493 e. The van der Waals surface area contributed by atoms with Crippen LogP contribution in [0.5, 0.6) is 5.75 Å². The van der Waals surface area contributed by atoms with E-state index >= 15 is 0 Å². The molecule has 1 heterocycles. The molecule has 0 aliphatic carbocycles. The second kappa shape index (κ2) is 11.1. The molecule has 3 rings (SSSR count). The van der Waals surface area contributed by atoms with E-state index in [-0.39, 0.29) is 11.7 Å². The molecule has 10 heteroatoms. The molecule has 1 N–H and O–H groups in total. The number of rotatable bonds is 9. The minimum atomic E-state index is -0.226. The lowest BCUT2D eigenvalue weighted by atomic mass is 10.2. The number of thioether (sulfide) groups is 1. The van der Waals surface area contributed by atoms with Crippen molar-refractivity contribution in [1.29, 1.82) is 0 Å². The average molecular weight is 500 g/mol. The van der Waals surface area contributed by atoms with E-state index < -0.39 is 0 Å². The van der Waals surface area contributed by atoms with Gasteiger partial charge in [-0.2, -0.15) is 0 Å². The molecular weight excluding hydrogens is 479 g/mol. The standard InChI is InChI=1S/C21H21Cl3N4O2S/c1-13-11-14(22)8-9-17(13)30-10-4-7-18-26-27-21(28(18)2)31-12-19(29)25-20-15(23)5-3-6-16(20)24/h3,5-6,8-9,11H,4,7,10,12H2,1-2H3,(H,25,29). The van der Waals surface area contributed by atoms with Gasteiger partial charge in [-0.25, -0.2) is 0 Å². The maximum atomic E-state index is 12.3. The summed E-state index contributed by atoms with van der Waals surface area (Å²) in [5, 5.41) is 13.3. The molecule has 31 heavy (non-hydrogen) atoms. The summed E-state index contributed by atoms with van der Waals surface area (Å²) in [5.41, 5.74) is 1.41. The van der Waals surface area contributed by atoms with Crippen LogP contribution < -0.4 is 10.1 Å². The number of carbonyl (C=O) groups excluding carboxylic acids is 1. The maximum absolute atomic E-state index is 12.3. The number of hydrogen-bond acceptors (Lipinski definition) is 5. The van der Waals surface area contributed by atoms with Gasteiger partial charge in [-0.1, -0.05) is 52.6 Å². The molecule has 0 aliphatic rings. The van der Waals surface area contributed by atoms with Crippen molar-refractivity contribution in [2.45, 2.75) is 24.9 Å². The number of aryl methyl sites for hydroxylation is 2. The van der Waals surface area contributed by atoms with Crippen LogP contribution in [0.3, 0.4) is 0 Å². The van der Waals surface area contributed by atoms with E-state index in [9.17, 15) is 4.79 Å². The lowest BCUT2D eigenvalue weighted by molar-refractivity contribution is -0.113. The topological polar surface area (TPSA) is 69.0 Å². The van der Waals surface area contributed by atoms with E-state index in [1.54, 1.807) is 18.2 Å². The zero-order valence-corrected chi connectivity index (χ0v) is 20.1. The van der Waals surface area contributed by atoms with Gasteiger partial charge in [0.25, 0.3) is 0 Å². The van der Waals surface area contributed by atoms with Crippen molar-refractivity contribution in [3.63, 3.8) is 0 Å². The second-order valence-electron chi connectivity index (χ2n) is 6.75. The number of hydrogen-bond donors (Lipinski definition) is 1. The third kappa shape index (κ3) is 6.53. The quantitative estimate of drug-likeness (QED) is 0.296. The van der Waals surface area contributed by atoms with Crippen LogP contribution in [0.2, 0.25) is 15.1 Å². The van der Waals surface area contributed by atoms with Crippen LogP contribution in [0.4, 0.5) is 5.69 Å². The van der Waals surface area contributed by atoms with Crippen molar-refractivity contribution in [2.75, 3.05) is 17.7 Å². The monoisotopic (exact) mass is 498 g/mol. The van der Waals surface area contributed by atoms with Crippen molar-refractivity contribution in [3.8, 4) is 5.75 Å². The summed E-state index contributed by atoms with van der Waals surface area (Å²) in [6.07, 6.45) is 1.49. The maximum Gasteiger partial charge on any atom is 0.234 e. The van der Waals surface area contributed by atoms with Gasteiger partial charge in [-0.05, 0) is 49.2 Å². The molecule has 0 spiro atoms. The fourth-order valence-electron chi connectivity index (χ4n) is 2.80. The van der Waals surface area contributed by atoms with E-state index in [2.05, 4.69) is 15.5 Å². The second-order valence-corrected chi connectivity index (χ2v) is 8.95. The number of amides is 1. The van der Waals surface area contributed by atoms with Crippen molar-refractivity contribution in [2.24, 2.45) is 7.05 Å². The van der Waals surface area contributed by atoms with Crippen LogP contribution in [0, 0.1) is 6.92 Å². The van der Waals surface area contributed by atoms with Crippen molar-refractivity contribution >= 4 is 58.2 Å². The largest absolute Gasteiger partial charge is 0.493 e. The van der Waals surface area contributed by atoms with Gasteiger partial charge in [0.15, 0.2) is 5.16 Å². The predicted molar refractivity (Wildman–Crippen MR) is 127 cm³/mol. The first-order valence-corrected chi connectivity index (χ1v) is 11.6. The van der Waals surface area contributed by atoms with E-state index in [1.165, 1.54) is 11.8 Å². The molecule has 0 atom stereocenters. The Hall–Kier alpha value is -1.93. The Morgan fingerprint density at radius 3 is 2.61 bits per heavy atom. The Morgan fingerprint density at radius 2 is 1.90 bits per heavy atom. The number of anilines is 1. The number of carbonyl (C=O) groups is 1. The number of nitrogens with zero attached hydrogens (tertiary/aromatic N) is 3. The molecular formula is C21H21Cl3N4O2S. The highest BCUT2D eigenvalue weighted by atomic mass is 35.5.